The van der Waals surface area contributed by atoms with Crippen LogP contribution in [0.1, 0.15) is 38.2 Å². The molecule has 0 spiro atoms. The molecule has 1 fully saturated rings. The summed E-state index contributed by atoms with van der Waals surface area (Å²) in [5.41, 5.74) is 1.32. The van der Waals surface area contributed by atoms with Gasteiger partial charge >= 0.3 is 5.97 Å². The van der Waals surface area contributed by atoms with E-state index in [0.29, 0.717) is 0 Å². The van der Waals surface area contributed by atoms with Crippen molar-refractivity contribution >= 4 is 35.9 Å². The fourth-order valence-electron chi connectivity index (χ4n) is 3.36. The lowest BCUT2D eigenvalue weighted by Gasteiger charge is -2.33. The Kier molecular flexibility index (Phi) is 13.7. The monoisotopic (exact) mass is 517 g/mol. The fraction of sp³-hybridized carbons (Fsp3) is 0.636. The molecule has 0 atom stereocenters. The van der Waals surface area contributed by atoms with Gasteiger partial charge in [-0.2, -0.15) is 0 Å². The highest BCUT2D eigenvalue weighted by molar-refractivity contribution is 14.0. The predicted octanol–water partition coefficient (Wildman–Crippen LogP) is 3.49. The van der Waals surface area contributed by atoms with Crippen molar-refractivity contribution in [1.82, 2.24) is 10.2 Å². The second-order valence-electron chi connectivity index (χ2n) is 7.08. The molecule has 1 N–H and O–H groups in total. The number of benzene rings is 1. The Balaban J connectivity index is 0.00000420. The average molecular weight is 517 g/mol. The summed E-state index contributed by atoms with van der Waals surface area (Å²) in [7, 11) is 1.46. The molecule has 0 radical (unpaired) electrons. The molecule has 1 aliphatic heterocycles. The lowest BCUT2D eigenvalue weighted by molar-refractivity contribution is -0.146. The van der Waals surface area contributed by atoms with E-state index < -0.39 is 0 Å². The molecule has 164 valence electrons. The van der Waals surface area contributed by atoms with Gasteiger partial charge in [-0.15, -0.1) is 24.0 Å². The molecule has 2 rings (SSSR count). The topological polar surface area (TPSA) is 63.2 Å². The van der Waals surface area contributed by atoms with E-state index in [0.717, 1.165) is 77.5 Å². The Morgan fingerprint density at radius 1 is 1.17 bits per heavy atom. The summed E-state index contributed by atoms with van der Waals surface area (Å²) in [4.78, 5) is 18.7. The Morgan fingerprint density at radius 2 is 1.90 bits per heavy atom. The van der Waals surface area contributed by atoms with Gasteiger partial charge in [-0.05, 0) is 44.6 Å². The first-order valence-electron chi connectivity index (χ1n) is 10.5. The third kappa shape index (κ3) is 9.80. The van der Waals surface area contributed by atoms with Gasteiger partial charge in [0.2, 0.25) is 0 Å². The number of rotatable bonds is 10. The number of aliphatic imine (C=N–C) groups is 1. The van der Waals surface area contributed by atoms with Crippen molar-refractivity contribution in [3.8, 4) is 0 Å². The molecule has 7 heteroatoms. The largest absolute Gasteiger partial charge is 0.469 e. The van der Waals surface area contributed by atoms with Crippen LogP contribution in [-0.2, 0) is 20.7 Å². The van der Waals surface area contributed by atoms with Gasteiger partial charge in [-0.3, -0.25) is 9.79 Å². The number of nitrogens with one attached hydrogen (secondary N) is 1. The van der Waals surface area contributed by atoms with E-state index in [2.05, 4.69) is 41.4 Å². The second-order valence-corrected chi connectivity index (χ2v) is 7.08. The Hall–Kier alpha value is -1.35. The Bertz CT molecular complexity index is 590. The van der Waals surface area contributed by atoms with E-state index in [1.54, 1.807) is 0 Å². The number of likely N-dealkylation sites (tertiary alicyclic amines) is 1. The highest BCUT2D eigenvalue weighted by Gasteiger charge is 2.26. The SMILES string of the molecule is CCNC(=NCCCCOCCc1ccccc1)N1CCC(C(=O)OC)CC1.I. The van der Waals surface area contributed by atoms with Crippen molar-refractivity contribution < 1.29 is 14.3 Å². The van der Waals surface area contributed by atoms with Crippen molar-refractivity contribution in [2.24, 2.45) is 10.9 Å². The van der Waals surface area contributed by atoms with Crippen LogP contribution < -0.4 is 5.32 Å². The zero-order valence-electron chi connectivity index (χ0n) is 17.8. The number of esters is 1. The zero-order chi connectivity index (χ0) is 20.0. The smallest absolute Gasteiger partial charge is 0.308 e. The van der Waals surface area contributed by atoms with Crippen LogP contribution in [0.25, 0.3) is 0 Å². The van der Waals surface area contributed by atoms with Crippen LogP contribution in [0.2, 0.25) is 0 Å². The number of guanidine groups is 1. The zero-order valence-corrected chi connectivity index (χ0v) is 20.1. The number of halogens is 1. The number of hydrogen-bond donors (Lipinski definition) is 1. The summed E-state index contributed by atoms with van der Waals surface area (Å²) in [6.07, 6.45) is 4.64. The summed E-state index contributed by atoms with van der Waals surface area (Å²) in [5, 5.41) is 3.37. The number of methoxy groups -OCH3 is 1. The first kappa shape index (κ1) is 25.7. The lowest BCUT2D eigenvalue weighted by Crippen LogP contribution is -2.46. The van der Waals surface area contributed by atoms with E-state index in [-0.39, 0.29) is 35.9 Å². The molecule has 0 aliphatic carbocycles. The average Bonchev–Trinajstić information content (AvgIpc) is 2.75. The van der Waals surface area contributed by atoms with E-state index >= 15 is 0 Å². The molecule has 1 heterocycles. The van der Waals surface area contributed by atoms with Crippen LogP contribution in [-0.4, -0.2) is 63.3 Å². The molecule has 0 bridgehead atoms. The minimum Gasteiger partial charge on any atom is -0.469 e. The van der Waals surface area contributed by atoms with Crippen molar-refractivity contribution in [2.45, 2.75) is 39.0 Å². The number of unbranched alkanes of at least 4 members (excludes halogenated alkanes) is 1. The molecule has 0 unspecified atom stereocenters. The minimum absolute atomic E-state index is 0. The first-order chi connectivity index (χ1) is 13.7. The summed E-state index contributed by atoms with van der Waals surface area (Å²) in [6, 6.07) is 10.4. The maximum absolute atomic E-state index is 11.7. The molecule has 1 saturated heterocycles. The number of hydrogen-bond acceptors (Lipinski definition) is 4. The number of carbonyl (C=O) groups is 1. The second kappa shape index (κ2) is 15.5. The Labute approximate surface area is 192 Å². The fourth-order valence-corrected chi connectivity index (χ4v) is 3.36. The normalized spacial score (nSPS) is 15.0. The van der Waals surface area contributed by atoms with Gasteiger partial charge in [0.1, 0.15) is 0 Å². The summed E-state index contributed by atoms with van der Waals surface area (Å²) in [6.45, 7) is 6.95. The van der Waals surface area contributed by atoms with E-state index in [9.17, 15) is 4.79 Å². The molecule has 29 heavy (non-hydrogen) atoms. The highest BCUT2D eigenvalue weighted by atomic mass is 127. The third-order valence-electron chi connectivity index (χ3n) is 5.00. The minimum atomic E-state index is -0.0890. The van der Waals surface area contributed by atoms with Crippen LogP contribution in [0.3, 0.4) is 0 Å². The molecule has 1 aromatic carbocycles. The van der Waals surface area contributed by atoms with Crippen molar-refractivity contribution in [3.63, 3.8) is 0 Å². The molecule has 0 aromatic heterocycles. The maximum atomic E-state index is 11.7. The van der Waals surface area contributed by atoms with Gasteiger partial charge in [-0.25, -0.2) is 0 Å². The molecule has 1 aliphatic rings. The molecule has 0 saturated carbocycles. The van der Waals surface area contributed by atoms with Gasteiger partial charge < -0.3 is 19.7 Å². The summed E-state index contributed by atoms with van der Waals surface area (Å²) < 4.78 is 10.6. The van der Waals surface area contributed by atoms with Crippen LogP contribution in [0, 0.1) is 5.92 Å². The van der Waals surface area contributed by atoms with Crippen LogP contribution in [0.4, 0.5) is 0 Å². The molecule has 0 amide bonds. The molecule has 1 aromatic rings. The summed E-state index contributed by atoms with van der Waals surface area (Å²) in [5.74, 6) is 0.891. The molecular formula is C22H36IN3O3. The van der Waals surface area contributed by atoms with Gasteiger partial charge in [0.05, 0.1) is 19.6 Å². The number of ether oxygens (including phenoxy) is 2. The first-order valence-corrected chi connectivity index (χ1v) is 10.5. The van der Waals surface area contributed by atoms with Crippen LogP contribution in [0.5, 0.6) is 0 Å². The quantitative estimate of drug-likeness (QED) is 0.169. The van der Waals surface area contributed by atoms with Crippen LogP contribution >= 0.6 is 24.0 Å². The number of piperidine rings is 1. The maximum Gasteiger partial charge on any atom is 0.308 e. The Morgan fingerprint density at radius 3 is 2.55 bits per heavy atom. The van der Waals surface area contributed by atoms with Crippen LogP contribution in [0.15, 0.2) is 35.3 Å². The third-order valence-corrected chi connectivity index (χ3v) is 5.00. The van der Waals surface area contributed by atoms with Crippen molar-refractivity contribution in [3.05, 3.63) is 35.9 Å². The summed E-state index contributed by atoms with van der Waals surface area (Å²) >= 11 is 0. The van der Waals surface area contributed by atoms with Gasteiger partial charge in [0.15, 0.2) is 5.96 Å². The van der Waals surface area contributed by atoms with Gasteiger partial charge in [-0.1, -0.05) is 30.3 Å². The van der Waals surface area contributed by atoms with Gasteiger partial charge in [0, 0.05) is 32.8 Å². The number of nitrogens with zero attached hydrogens (tertiary/aromatic N) is 2. The predicted molar refractivity (Wildman–Crippen MR) is 128 cm³/mol. The molecular weight excluding hydrogens is 481 g/mol. The number of carbonyl (C=O) groups excluding carboxylic acids is 1. The van der Waals surface area contributed by atoms with E-state index in [1.165, 1.54) is 12.7 Å². The van der Waals surface area contributed by atoms with Crippen molar-refractivity contribution in [1.29, 1.82) is 0 Å². The van der Waals surface area contributed by atoms with E-state index in [4.69, 9.17) is 14.5 Å². The van der Waals surface area contributed by atoms with Crippen molar-refractivity contribution in [2.75, 3.05) is 46.5 Å². The van der Waals surface area contributed by atoms with Gasteiger partial charge in [0.25, 0.3) is 0 Å². The molecule has 6 nitrogen and oxygen atoms in total. The standard InChI is InChI=1S/C22H35N3O3.HI/c1-3-23-22(25-15-11-20(12-16-25)21(26)27-2)24-14-7-8-17-28-18-13-19-9-5-4-6-10-19;/h4-6,9-10,20H,3,7-8,11-18H2,1-2H3,(H,23,24);1H. The highest BCUT2D eigenvalue weighted by Crippen LogP contribution is 2.18. The van der Waals surface area contributed by atoms with E-state index in [1.807, 2.05) is 6.07 Å². The lowest BCUT2D eigenvalue weighted by atomic mass is 9.97.